The molecule has 1 aliphatic heterocycles. The predicted octanol–water partition coefficient (Wildman–Crippen LogP) is 2.67. The standard InChI is InChI=1S/C12H17ClN2/c1-8(2)15-11-6-9-5-10(13)3-4-12(9)14-7-11/h3-5,8,11,14-15H,6-7H2,1-2H3. The highest BCUT2D eigenvalue weighted by Gasteiger charge is 2.18. The molecule has 0 saturated heterocycles. The molecule has 0 aliphatic carbocycles. The highest BCUT2D eigenvalue weighted by Crippen LogP contribution is 2.25. The van der Waals surface area contributed by atoms with E-state index in [1.807, 2.05) is 6.07 Å². The Hall–Kier alpha value is -0.730. The van der Waals surface area contributed by atoms with Gasteiger partial charge in [0.15, 0.2) is 0 Å². The van der Waals surface area contributed by atoms with Gasteiger partial charge in [-0.2, -0.15) is 0 Å². The van der Waals surface area contributed by atoms with Crippen molar-refractivity contribution >= 4 is 17.3 Å². The second-order valence-electron chi connectivity index (χ2n) is 4.40. The Bertz CT molecular complexity index is 349. The molecule has 0 saturated carbocycles. The zero-order valence-electron chi connectivity index (χ0n) is 9.18. The van der Waals surface area contributed by atoms with Crippen LogP contribution in [0.25, 0.3) is 0 Å². The van der Waals surface area contributed by atoms with Gasteiger partial charge in [0.2, 0.25) is 0 Å². The van der Waals surface area contributed by atoms with E-state index in [-0.39, 0.29) is 0 Å². The molecule has 82 valence electrons. The summed E-state index contributed by atoms with van der Waals surface area (Å²) in [6, 6.07) is 7.08. The molecule has 1 heterocycles. The Morgan fingerprint density at radius 3 is 3.00 bits per heavy atom. The summed E-state index contributed by atoms with van der Waals surface area (Å²) in [6.45, 7) is 5.34. The molecule has 0 fully saturated rings. The van der Waals surface area contributed by atoms with Crippen molar-refractivity contribution in [3.8, 4) is 0 Å². The van der Waals surface area contributed by atoms with Crippen LogP contribution in [-0.2, 0) is 6.42 Å². The van der Waals surface area contributed by atoms with Crippen LogP contribution in [0.1, 0.15) is 19.4 Å². The van der Waals surface area contributed by atoms with Gasteiger partial charge in [0.25, 0.3) is 0 Å². The molecule has 2 nitrogen and oxygen atoms in total. The summed E-state index contributed by atoms with van der Waals surface area (Å²) in [6.07, 6.45) is 1.06. The van der Waals surface area contributed by atoms with E-state index in [1.54, 1.807) is 0 Å². The molecule has 1 unspecified atom stereocenters. The van der Waals surface area contributed by atoms with Crippen molar-refractivity contribution in [3.05, 3.63) is 28.8 Å². The zero-order valence-corrected chi connectivity index (χ0v) is 9.93. The quantitative estimate of drug-likeness (QED) is 0.807. The number of fused-ring (bicyclic) bond motifs is 1. The van der Waals surface area contributed by atoms with Gasteiger partial charge in [-0.3, -0.25) is 0 Å². The lowest BCUT2D eigenvalue weighted by Crippen LogP contribution is -2.43. The van der Waals surface area contributed by atoms with Crippen molar-refractivity contribution in [2.24, 2.45) is 0 Å². The number of benzene rings is 1. The van der Waals surface area contributed by atoms with Gasteiger partial charge in [-0.05, 0) is 30.2 Å². The van der Waals surface area contributed by atoms with Gasteiger partial charge >= 0.3 is 0 Å². The number of nitrogens with one attached hydrogen (secondary N) is 2. The number of rotatable bonds is 2. The molecule has 0 bridgehead atoms. The predicted molar refractivity (Wildman–Crippen MR) is 65.7 cm³/mol. The summed E-state index contributed by atoms with van der Waals surface area (Å²) in [5.74, 6) is 0. The van der Waals surface area contributed by atoms with Gasteiger partial charge in [-0.15, -0.1) is 0 Å². The summed E-state index contributed by atoms with van der Waals surface area (Å²) in [5, 5.41) is 7.78. The van der Waals surface area contributed by atoms with Crippen molar-refractivity contribution in [2.45, 2.75) is 32.4 Å². The lowest BCUT2D eigenvalue weighted by Gasteiger charge is -2.28. The Morgan fingerprint density at radius 2 is 2.27 bits per heavy atom. The molecule has 2 rings (SSSR count). The first-order valence-electron chi connectivity index (χ1n) is 5.43. The van der Waals surface area contributed by atoms with E-state index in [2.05, 4.69) is 36.6 Å². The van der Waals surface area contributed by atoms with Crippen molar-refractivity contribution in [1.29, 1.82) is 0 Å². The molecule has 0 aromatic heterocycles. The SMILES string of the molecule is CC(C)NC1CNc2ccc(Cl)cc2C1. The highest BCUT2D eigenvalue weighted by molar-refractivity contribution is 6.30. The van der Waals surface area contributed by atoms with Crippen molar-refractivity contribution in [3.63, 3.8) is 0 Å². The first-order chi connectivity index (χ1) is 7.15. The largest absolute Gasteiger partial charge is 0.383 e. The van der Waals surface area contributed by atoms with Crippen LogP contribution in [0.3, 0.4) is 0 Å². The number of hydrogen-bond donors (Lipinski definition) is 2. The Kier molecular flexibility index (Phi) is 3.17. The van der Waals surface area contributed by atoms with Crippen LogP contribution in [0, 0.1) is 0 Å². The number of halogens is 1. The summed E-state index contributed by atoms with van der Waals surface area (Å²) in [7, 11) is 0. The van der Waals surface area contributed by atoms with Crippen LogP contribution in [0.15, 0.2) is 18.2 Å². The number of anilines is 1. The van der Waals surface area contributed by atoms with Gasteiger partial charge < -0.3 is 10.6 Å². The fraction of sp³-hybridized carbons (Fsp3) is 0.500. The Morgan fingerprint density at radius 1 is 1.47 bits per heavy atom. The number of hydrogen-bond acceptors (Lipinski definition) is 2. The van der Waals surface area contributed by atoms with Crippen molar-refractivity contribution < 1.29 is 0 Å². The molecule has 1 aromatic rings. The van der Waals surface area contributed by atoms with E-state index in [9.17, 15) is 0 Å². The van der Waals surface area contributed by atoms with E-state index in [1.165, 1.54) is 11.3 Å². The third-order valence-electron chi connectivity index (χ3n) is 2.64. The van der Waals surface area contributed by atoms with E-state index < -0.39 is 0 Å². The van der Waals surface area contributed by atoms with Crippen LogP contribution < -0.4 is 10.6 Å². The van der Waals surface area contributed by atoms with Gasteiger partial charge in [0.1, 0.15) is 0 Å². The monoisotopic (exact) mass is 224 g/mol. The minimum Gasteiger partial charge on any atom is -0.383 e. The molecule has 2 N–H and O–H groups in total. The van der Waals surface area contributed by atoms with Gasteiger partial charge in [-0.25, -0.2) is 0 Å². The van der Waals surface area contributed by atoms with Crippen molar-refractivity contribution in [2.75, 3.05) is 11.9 Å². The molecular weight excluding hydrogens is 208 g/mol. The van der Waals surface area contributed by atoms with Crippen LogP contribution in [0.4, 0.5) is 5.69 Å². The maximum atomic E-state index is 5.98. The summed E-state index contributed by atoms with van der Waals surface area (Å²) < 4.78 is 0. The fourth-order valence-electron chi connectivity index (χ4n) is 2.06. The van der Waals surface area contributed by atoms with Crippen LogP contribution in [-0.4, -0.2) is 18.6 Å². The summed E-state index contributed by atoms with van der Waals surface area (Å²) in [5.41, 5.74) is 2.54. The molecule has 1 aliphatic rings. The molecule has 0 amide bonds. The lowest BCUT2D eigenvalue weighted by atomic mass is 9.99. The van der Waals surface area contributed by atoms with E-state index in [4.69, 9.17) is 11.6 Å². The topological polar surface area (TPSA) is 24.1 Å². The third kappa shape index (κ3) is 2.64. The van der Waals surface area contributed by atoms with E-state index >= 15 is 0 Å². The smallest absolute Gasteiger partial charge is 0.0410 e. The Labute approximate surface area is 96.0 Å². The van der Waals surface area contributed by atoms with Crippen molar-refractivity contribution in [1.82, 2.24) is 5.32 Å². The third-order valence-corrected chi connectivity index (χ3v) is 2.88. The minimum atomic E-state index is 0.510. The van der Waals surface area contributed by atoms with Crippen LogP contribution >= 0.6 is 11.6 Å². The summed E-state index contributed by atoms with van der Waals surface area (Å²) >= 11 is 5.98. The molecule has 0 radical (unpaired) electrons. The molecule has 3 heteroatoms. The normalized spacial score (nSPS) is 19.9. The van der Waals surface area contributed by atoms with E-state index in [0.717, 1.165) is 18.0 Å². The van der Waals surface area contributed by atoms with Gasteiger partial charge in [-0.1, -0.05) is 25.4 Å². The second kappa shape index (κ2) is 4.42. The van der Waals surface area contributed by atoms with Crippen LogP contribution in [0.5, 0.6) is 0 Å². The molecular formula is C12H17ClN2. The van der Waals surface area contributed by atoms with Crippen LogP contribution in [0.2, 0.25) is 5.02 Å². The summed E-state index contributed by atoms with van der Waals surface area (Å²) in [4.78, 5) is 0. The molecule has 1 aromatic carbocycles. The molecule has 0 spiro atoms. The average molecular weight is 225 g/mol. The highest BCUT2D eigenvalue weighted by atomic mass is 35.5. The minimum absolute atomic E-state index is 0.510. The zero-order chi connectivity index (χ0) is 10.8. The maximum Gasteiger partial charge on any atom is 0.0410 e. The van der Waals surface area contributed by atoms with Gasteiger partial charge in [0.05, 0.1) is 0 Å². The molecule has 15 heavy (non-hydrogen) atoms. The Balaban J connectivity index is 2.11. The maximum absolute atomic E-state index is 5.98. The molecule has 1 atom stereocenters. The second-order valence-corrected chi connectivity index (χ2v) is 4.84. The first kappa shape index (κ1) is 10.8. The van der Waals surface area contributed by atoms with Gasteiger partial charge in [0, 0.05) is 29.3 Å². The lowest BCUT2D eigenvalue weighted by molar-refractivity contribution is 0.467. The first-order valence-corrected chi connectivity index (χ1v) is 5.81. The van der Waals surface area contributed by atoms with E-state index in [0.29, 0.717) is 12.1 Å². The average Bonchev–Trinajstić information content (AvgIpc) is 2.16. The fourth-order valence-corrected chi connectivity index (χ4v) is 2.26.